The van der Waals surface area contributed by atoms with Crippen LogP contribution in [0.4, 0.5) is 0 Å². The maximum atomic E-state index is 11.7. The fraction of sp³-hybridized carbons (Fsp3) is 0.385. The van der Waals surface area contributed by atoms with Crippen LogP contribution in [-0.2, 0) is 9.63 Å². The Morgan fingerprint density at radius 3 is 2.41 bits per heavy atom. The van der Waals surface area contributed by atoms with E-state index in [0.29, 0.717) is 24.9 Å². The van der Waals surface area contributed by atoms with Gasteiger partial charge in [-0.1, -0.05) is 30.3 Å². The average Bonchev–Trinajstić information content (AvgIpc) is 2.35. The molecule has 17 heavy (non-hydrogen) atoms. The van der Waals surface area contributed by atoms with Crippen LogP contribution in [0.5, 0.6) is 0 Å². The molecule has 0 radical (unpaired) electrons. The minimum absolute atomic E-state index is 0.0882. The molecular formula is C13H17NO3. The second kappa shape index (κ2) is 6.81. The van der Waals surface area contributed by atoms with E-state index in [0.717, 1.165) is 0 Å². The minimum Gasteiger partial charge on any atom is -0.294 e. The predicted molar refractivity (Wildman–Crippen MR) is 64.4 cm³/mol. The summed E-state index contributed by atoms with van der Waals surface area (Å²) in [5, 5.41) is 1.25. The third kappa shape index (κ3) is 4.36. The highest BCUT2D eigenvalue weighted by molar-refractivity contribution is 5.95. The van der Waals surface area contributed by atoms with Crippen LogP contribution in [-0.4, -0.2) is 30.4 Å². The van der Waals surface area contributed by atoms with Gasteiger partial charge < -0.3 is 0 Å². The van der Waals surface area contributed by atoms with Crippen molar-refractivity contribution in [3.63, 3.8) is 0 Å². The molecule has 0 unspecified atom stereocenters. The van der Waals surface area contributed by atoms with E-state index in [1.165, 1.54) is 19.1 Å². The highest BCUT2D eigenvalue weighted by atomic mass is 16.7. The van der Waals surface area contributed by atoms with Crippen molar-refractivity contribution in [3.8, 4) is 0 Å². The molecule has 0 atom stereocenters. The van der Waals surface area contributed by atoms with Crippen molar-refractivity contribution < 1.29 is 14.4 Å². The number of Topliss-reactive ketones (excluding diaryl/α,β-unsaturated/α-hetero) is 1. The number of rotatable bonds is 6. The van der Waals surface area contributed by atoms with Gasteiger partial charge in [0.1, 0.15) is 0 Å². The first kappa shape index (κ1) is 13.4. The summed E-state index contributed by atoms with van der Waals surface area (Å²) in [5.41, 5.74) is 0.708. The molecule has 1 aromatic carbocycles. The van der Waals surface area contributed by atoms with Crippen molar-refractivity contribution in [3.05, 3.63) is 35.9 Å². The van der Waals surface area contributed by atoms with Crippen LogP contribution in [0.15, 0.2) is 30.3 Å². The molecule has 4 heteroatoms. The van der Waals surface area contributed by atoms with E-state index >= 15 is 0 Å². The van der Waals surface area contributed by atoms with Crippen LogP contribution in [0.2, 0.25) is 0 Å². The summed E-state index contributed by atoms with van der Waals surface area (Å²) in [6.45, 7) is 1.87. The first-order chi connectivity index (χ1) is 8.15. The zero-order valence-corrected chi connectivity index (χ0v) is 10.2. The quantitative estimate of drug-likeness (QED) is 0.560. The molecule has 0 fully saturated rings. The van der Waals surface area contributed by atoms with Crippen LogP contribution in [0, 0.1) is 0 Å². The van der Waals surface area contributed by atoms with Crippen LogP contribution < -0.4 is 0 Å². The molecule has 1 amide bonds. The lowest BCUT2D eigenvalue weighted by atomic mass is 10.1. The van der Waals surface area contributed by atoms with Gasteiger partial charge in [-0.05, 0) is 6.42 Å². The largest absolute Gasteiger partial charge is 0.294 e. The zero-order valence-electron chi connectivity index (χ0n) is 10.2. The standard InChI is InChI=1S/C13H17NO3/c1-11(15)14(17-2)10-6-9-13(16)12-7-4-3-5-8-12/h3-5,7-8H,6,9-10H2,1-2H3. The molecule has 0 saturated heterocycles. The molecule has 1 aromatic rings. The number of hydroxylamine groups is 2. The lowest BCUT2D eigenvalue weighted by Gasteiger charge is -2.16. The van der Waals surface area contributed by atoms with Crippen molar-refractivity contribution in [1.29, 1.82) is 0 Å². The number of amides is 1. The van der Waals surface area contributed by atoms with Gasteiger partial charge in [-0.3, -0.25) is 14.4 Å². The Kier molecular flexibility index (Phi) is 5.36. The van der Waals surface area contributed by atoms with Gasteiger partial charge in [0.15, 0.2) is 5.78 Å². The molecule has 0 heterocycles. The van der Waals surface area contributed by atoms with E-state index in [2.05, 4.69) is 0 Å². The van der Waals surface area contributed by atoms with Crippen LogP contribution >= 0.6 is 0 Å². The van der Waals surface area contributed by atoms with Crippen molar-refractivity contribution in [2.75, 3.05) is 13.7 Å². The van der Waals surface area contributed by atoms with Gasteiger partial charge in [-0.25, -0.2) is 5.06 Å². The van der Waals surface area contributed by atoms with E-state index in [4.69, 9.17) is 4.84 Å². The number of carbonyl (C=O) groups is 2. The van der Waals surface area contributed by atoms with E-state index in [1.807, 2.05) is 18.2 Å². The van der Waals surface area contributed by atoms with Gasteiger partial charge in [0.05, 0.1) is 7.11 Å². The third-order valence-electron chi connectivity index (χ3n) is 2.43. The molecular weight excluding hydrogens is 218 g/mol. The number of carbonyl (C=O) groups excluding carboxylic acids is 2. The van der Waals surface area contributed by atoms with Crippen molar-refractivity contribution in [2.24, 2.45) is 0 Å². The van der Waals surface area contributed by atoms with Crippen LogP contribution in [0.1, 0.15) is 30.1 Å². The van der Waals surface area contributed by atoms with E-state index in [1.54, 1.807) is 12.1 Å². The van der Waals surface area contributed by atoms with Crippen molar-refractivity contribution in [2.45, 2.75) is 19.8 Å². The molecule has 0 aromatic heterocycles. The summed E-state index contributed by atoms with van der Waals surface area (Å²) in [4.78, 5) is 27.6. The van der Waals surface area contributed by atoms with E-state index in [9.17, 15) is 9.59 Å². The summed E-state index contributed by atoms with van der Waals surface area (Å²) in [7, 11) is 1.44. The van der Waals surface area contributed by atoms with Crippen molar-refractivity contribution in [1.82, 2.24) is 5.06 Å². The molecule has 4 nitrogen and oxygen atoms in total. The number of hydrogen-bond acceptors (Lipinski definition) is 3. The number of benzene rings is 1. The molecule has 0 aliphatic carbocycles. The summed E-state index contributed by atoms with van der Waals surface area (Å²) in [5.74, 6) is -0.0649. The van der Waals surface area contributed by atoms with E-state index in [-0.39, 0.29) is 11.7 Å². The number of ketones is 1. The SMILES string of the molecule is CON(CCCC(=O)c1ccccc1)C(C)=O. The molecule has 1 rings (SSSR count). The lowest BCUT2D eigenvalue weighted by molar-refractivity contribution is -0.173. The highest BCUT2D eigenvalue weighted by Gasteiger charge is 2.09. The Balaban J connectivity index is 2.37. The fourth-order valence-corrected chi connectivity index (χ4v) is 1.53. The van der Waals surface area contributed by atoms with Gasteiger partial charge in [-0.15, -0.1) is 0 Å². The van der Waals surface area contributed by atoms with Gasteiger partial charge in [0.25, 0.3) is 0 Å². The van der Waals surface area contributed by atoms with Gasteiger partial charge in [-0.2, -0.15) is 0 Å². The predicted octanol–water partition coefficient (Wildman–Crippen LogP) is 2.06. The molecule has 0 bridgehead atoms. The molecule has 0 aliphatic rings. The van der Waals surface area contributed by atoms with E-state index < -0.39 is 0 Å². The second-order valence-electron chi connectivity index (χ2n) is 3.70. The summed E-state index contributed by atoms with van der Waals surface area (Å²) in [6.07, 6.45) is 1.01. The molecule has 0 saturated carbocycles. The Bertz CT molecular complexity index is 376. The number of hydrogen-bond donors (Lipinski definition) is 0. The maximum Gasteiger partial charge on any atom is 0.242 e. The normalized spacial score (nSPS) is 10.0. The second-order valence-corrected chi connectivity index (χ2v) is 3.70. The van der Waals surface area contributed by atoms with Crippen molar-refractivity contribution >= 4 is 11.7 Å². The zero-order chi connectivity index (χ0) is 12.7. The third-order valence-corrected chi connectivity index (χ3v) is 2.43. The van der Waals surface area contributed by atoms with Crippen LogP contribution in [0.3, 0.4) is 0 Å². The Morgan fingerprint density at radius 2 is 1.88 bits per heavy atom. The summed E-state index contributed by atoms with van der Waals surface area (Å²) < 4.78 is 0. The Morgan fingerprint density at radius 1 is 1.24 bits per heavy atom. The first-order valence-electron chi connectivity index (χ1n) is 5.55. The molecule has 0 N–H and O–H groups in total. The lowest BCUT2D eigenvalue weighted by Crippen LogP contribution is -2.28. The highest BCUT2D eigenvalue weighted by Crippen LogP contribution is 2.06. The monoisotopic (exact) mass is 235 g/mol. The fourth-order valence-electron chi connectivity index (χ4n) is 1.53. The Hall–Kier alpha value is -1.68. The molecule has 0 spiro atoms. The van der Waals surface area contributed by atoms with Gasteiger partial charge in [0.2, 0.25) is 5.91 Å². The molecule has 92 valence electrons. The topological polar surface area (TPSA) is 46.6 Å². The van der Waals surface area contributed by atoms with Crippen LogP contribution in [0.25, 0.3) is 0 Å². The van der Waals surface area contributed by atoms with Gasteiger partial charge >= 0.3 is 0 Å². The maximum absolute atomic E-state index is 11.7. The minimum atomic E-state index is -0.153. The first-order valence-corrected chi connectivity index (χ1v) is 5.55. The molecule has 0 aliphatic heterocycles. The average molecular weight is 235 g/mol. The Labute approximate surface area is 101 Å². The van der Waals surface area contributed by atoms with Gasteiger partial charge in [0, 0.05) is 25.5 Å². The number of nitrogens with zero attached hydrogens (tertiary/aromatic N) is 1. The summed E-state index contributed by atoms with van der Waals surface area (Å²) in [6, 6.07) is 9.14. The summed E-state index contributed by atoms with van der Waals surface area (Å²) >= 11 is 0. The smallest absolute Gasteiger partial charge is 0.242 e.